The lowest BCUT2D eigenvalue weighted by Gasteiger charge is -2.20. The number of carbonyl (C=O) groups excluding carboxylic acids is 2. The molecule has 0 aliphatic heterocycles. The first-order valence-electron chi connectivity index (χ1n) is 31.0. The first kappa shape index (κ1) is 66.6. The van der Waals surface area contributed by atoms with E-state index >= 15 is 0 Å². The Kier molecular flexibility index (Phi) is 57.0. The molecule has 0 aromatic heterocycles. The summed E-state index contributed by atoms with van der Waals surface area (Å²) in [7, 11) is 0. The third-order valence-corrected chi connectivity index (χ3v) is 14.6. The largest absolute Gasteiger partial charge is 0.466 e. The normalized spacial score (nSPS) is 12.6. The molecule has 2 unspecified atom stereocenters. The Bertz CT molecular complexity index is 1020. The lowest BCUT2D eigenvalue weighted by Crippen LogP contribution is -2.45. The van der Waals surface area contributed by atoms with Gasteiger partial charge in [-0.15, -0.1) is 0 Å². The lowest BCUT2D eigenvalue weighted by molar-refractivity contribution is -0.143. The number of allylic oxidation sites excluding steroid dienone is 1. The number of ether oxygens (including phenoxy) is 1. The minimum Gasteiger partial charge on any atom is -0.466 e. The van der Waals surface area contributed by atoms with Crippen LogP contribution in [0.15, 0.2) is 12.2 Å². The zero-order valence-corrected chi connectivity index (χ0v) is 46.1. The fourth-order valence-corrected chi connectivity index (χ4v) is 9.81. The van der Waals surface area contributed by atoms with Crippen LogP contribution in [-0.2, 0) is 14.3 Å². The van der Waals surface area contributed by atoms with E-state index < -0.39 is 12.1 Å². The van der Waals surface area contributed by atoms with Crippen LogP contribution in [0.4, 0.5) is 0 Å². The molecule has 2 atom stereocenters. The summed E-state index contributed by atoms with van der Waals surface area (Å²) >= 11 is 0. The van der Waals surface area contributed by atoms with Crippen LogP contribution in [-0.4, -0.2) is 47.4 Å². The van der Waals surface area contributed by atoms with E-state index in [0.29, 0.717) is 19.4 Å². The summed E-state index contributed by atoms with van der Waals surface area (Å²) in [6, 6.07) is -0.631. The highest BCUT2D eigenvalue weighted by Gasteiger charge is 2.18. The molecule has 0 aliphatic carbocycles. The molecule has 1 amide bonds. The summed E-state index contributed by atoms with van der Waals surface area (Å²) in [5, 5.41) is 23.2. The van der Waals surface area contributed by atoms with E-state index in [4.69, 9.17) is 4.74 Å². The molecule has 0 aromatic rings. The van der Waals surface area contributed by atoms with Crippen LogP contribution >= 0.6 is 0 Å². The number of carbonyl (C=O) groups is 2. The van der Waals surface area contributed by atoms with Crippen LogP contribution in [0.5, 0.6) is 0 Å². The smallest absolute Gasteiger partial charge is 0.305 e. The molecule has 6 nitrogen and oxygen atoms in total. The maximum absolute atomic E-state index is 12.5. The van der Waals surface area contributed by atoms with Crippen LogP contribution < -0.4 is 5.32 Å². The standard InChI is InChI=1S/C62H121NO5/c1-3-5-7-9-11-13-15-17-18-19-20-21-22-25-28-31-34-38-42-46-50-54-60(65)59(58-64)63-61(66)55-51-47-43-39-35-32-29-26-23-24-27-30-33-37-41-45-49-53-57-68-62(67)56-52-48-44-40-36-16-14-12-10-8-6-4-2/h50,54,59-60,64-65H,3-49,51-53,55-58H2,1-2H3,(H,63,66)/b54-50+. The number of aliphatic hydroxyl groups excluding tert-OH is 2. The number of aliphatic hydroxyl groups is 2. The van der Waals surface area contributed by atoms with Crippen molar-refractivity contribution >= 4 is 11.9 Å². The summed E-state index contributed by atoms with van der Waals surface area (Å²) in [6.07, 6.45) is 69.6. The Morgan fingerprint density at radius 3 is 1.00 bits per heavy atom. The topological polar surface area (TPSA) is 95.9 Å². The molecular weight excluding hydrogens is 839 g/mol. The van der Waals surface area contributed by atoms with Crippen molar-refractivity contribution in [1.82, 2.24) is 5.32 Å². The zero-order valence-electron chi connectivity index (χ0n) is 46.1. The van der Waals surface area contributed by atoms with E-state index in [0.717, 1.165) is 38.5 Å². The third-order valence-electron chi connectivity index (χ3n) is 14.6. The molecule has 3 N–H and O–H groups in total. The van der Waals surface area contributed by atoms with Gasteiger partial charge < -0.3 is 20.3 Å². The molecule has 0 rings (SSSR count). The maximum Gasteiger partial charge on any atom is 0.305 e. The Morgan fingerprint density at radius 1 is 0.397 bits per heavy atom. The second-order valence-electron chi connectivity index (χ2n) is 21.4. The van der Waals surface area contributed by atoms with Gasteiger partial charge in [-0.25, -0.2) is 0 Å². The molecule has 0 spiro atoms. The van der Waals surface area contributed by atoms with Gasteiger partial charge in [0.25, 0.3) is 0 Å². The van der Waals surface area contributed by atoms with E-state index in [2.05, 4.69) is 19.2 Å². The van der Waals surface area contributed by atoms with Crippen LogP contribution in [0.2, 0.25) is 0 Å². The minimum absolute atomic E-state index is 0.00800. The van der Waals surface area contributed by atoms with Crippen molar-refractivity contribution in [3.05, 3.63) is 12.2 Å². The second-order valence-corrected chi connectivity index (χ2v) is 21.4. The Labute approximate surface area is 425 Å². The van der Waals surface area contributed by atoms with Gasteiger partial charge in [-0.2, -0.15) is 0 Å². The van der Waals surface area contributed by atoms with E-state index in [9.17, 15) is 19.8 Å². The van der Waals surface area contributed by atoms with E-state index in [1.807, 2.05) is 6.08 Å². The molecule has 0 radical (unpaired) electrons. The number of esters is 1. The summed E-state index contributed by atoms with van der Waals surface area (Å²) in [5.74, 6) is -0.0602. The van der Waals surface area contributed by atoms with E-state index in [1.165, 1.54) is 283 Å². The highest BCUT2D eigenvalue weighted by atomic mass is 16.5. The SMILES string of the molecule is CCCCCCCCCCCCCCCCCCCCC/C=C/C(O)C(CO)NC(=O)CCCCCCCCCCCCCCCCCCCCOC(=O)CCCCCCCCCCCCCC. The molecule has 0 heterocycles. The van der Waals surface area contributed by atoms with Gasteiger partial charge >= 0.3 is 5.97 Å². The monoisotopic (exact) mass is 960 g/mol. The quantitative estimate of drug-likeness (QED) is 0.0321. The number of unbranched alkanes of at least 4 members (excludes halogenated alkanes) is 47. The molecular formula is C62H121NO5. The fourth-order valence-electron chi connectivity index (χ4n) is 9.81. The van der Waals surface area contributed by atoms with Crippen molar-refractivity contribution in [3.8, 4) is 0 Å². The van der Waals surface area contributed by atoms with Gasteiger partial charge in [0.15, 0.2) is 0 Å². The van der Waals surface area contributed by atoms with Crippen LogP contribution in [0.25, 0.3) is 0 Å². The average Bonchev–Trinajstić information content (AvgIpc) is 3.34. The number of rotatable bonds is 58. The number of hydrogen-bond donors (Lipinski definition) is 3. The molecule has 0 aromatic carbocycles. The molecule has 0 fully saturated rings. The number of hydrogen-bond acceptors (Lipinski definition) is 5. The van der Waals surface area contributed by atoms with Crippen molar-refractivity contribution < 1.29 is 24.5 Å². The predicted octanol–water partition coefficient (Wildman–Crippen LogP) is 19.2. The van der Waals surface area contributed by atoms with Gasteiger partial charge in [-0.3, -0.25) is 9.59 Å². The van der Waals surface area contributed by atoms with Crippen molar-refractivity contribution in [1.29, 1.82) is 0 Å². The Balaban J connectivity index is 3.44. The molecule has 68 heavy (non-hydrogen) atoms. The van der Waals surface area contributed by atoms with Crippen molar-refractivity contribution in [2.24, 2.45) is 0 Å². The lowest BCUT2D eigenvalue weighted by atomic mass is 10.0. The van der Waals surface area contributed by atoms with Gasteiger partial charge in [-0.05, 0) is 32.1 Å². The minimum atomic E-state index is -0.847. The van der Waals surface area contributed by atoms with Gasteiger partial charge in [-0.1, -0.05) is 315 Å². The van der Waals surface area contributed by atoms with Gasteiger partial charge in [0.1, 0.15) is 0 Å². The van der Waals surface area contributed by atoms with Gasteiger partial charge in [0, 0.05) is 12.8 Å². The van der Waals surface area contributed by atoms with Crippen LogP contribution in [0, 0.1) is 0 Å². The highest BCUT2D eigenvalue weighted by Crippen LogP contribution is 2.18. The van der Waals surface area contributed by atoms with Crippen LogP contribution in [0.3, 0.4) is 0 Å². The molecule has 0 bridgehead atoms. The second kappa shape index (κ2) is 58.2. The fraction of sp³-hybridized carbons (Fsp3) is 0.935. The maximum atomic E-state index is 12.5. The molecule has 404 valence electrons. The third kappa shape index (κ3) is 53.9. The molecule has 0 saturated heterocycles. The molecule has 0 saturated carbocycles. The number of amides is 1. The average molecular weight is 961 g/mol. The Morgan fingerprint density at radius 2 is 0.676 bits per heavy atom. The summed E-state index contributed by atoms with van der Waals surface area (Å²) in [6.45, 7) is 4.92. The zero-order chi connectivity index (χ0) is 49.3. The molecule has 0 aliphatic rings. The summed E-state index contributed by atoms with van der Waals surface area (Å²) in [4.78, 5) is 24.5. The van der Waals surface area contributed by atoms with Gasteiger partial charge in [0.05, 0.1) is 25.4 Å². The van der Waals surface area contributed by atoms with Gasteiger partial charge in [0.2, 0.25) is 5.91 Å². The van der Waals surface area contributed by atoms with Crippen molar-refractivity contribution in [3.63, 3.8) is 0 Å². The Hall–Kier alpha value is -1.40. The summed E-state index contributed by atoms with van der Waals surface area (Å²) < 4.78 is 5.47. The summed E-state index contributed by atoms with van der Waals surface area (Å²) in [5.41, 5.74) is 0. The van der Waals surface area contributed by atoms with E-state index in [1.54, 1.807) is 6.08 Å². The predicted molar refractivity (Wildman–Crippen MR) is 297 cm³/mol. The van der Waals surface area contributed by atoms with Crippen molar-refractivity contribution in [2.75, 3.05) is 13.2 Å². The van der Waals surface area contributed by atoms with E-state index in [-0.39, 0.29) is 18.5 Å². The van der Waals surface area contributed by atoms with Crippen LogP contribution in [0.1, 0.15) is 348 Å². The number of nitrogens with one attached hydrogen (secondary N) is 1. The van der Waals surface area contributed by atoms with Crippen molar-refractivity contribution in [2.45, 2.75) is 360 Å². The highest BCUT2D eigenvalue weighted by molar-refractivity contribution is 5.76. The first-order chi connectivity index (χ1) is 33.5. The first-order valence-corrected chi connectivity index (χ1v) is 31.0. The molecule has 6 heteroatoms.